The van der Waals surface area contributed by atoms with Crippen molar-refractivity contribution in [3.63, 3.8) is 0 Å². The molecule has 148 valence electrons. The SMILES string of the molecule is CC(C)(C)OC(=O)N1C2COCC1CC(C(=O)Cc1cc(F)ccc1F)C2. The number of amides is 1. The highest BCUT2D eigenvalue weighted by Gasteiger charge is 2.45. The zero-order valence-electron chi connectivity index (χ0n) is 15.8. The van der Waals surface area contributed by atoms with Crippen LogP contribution in [0, 0.1) is 17.6 Å². The molecule has 2 aliphatic rings. The zero-order valence-corrected chi connectivity index (χ0v) is 15.8. The lowest BCUT2D eigenvalue weighted by atomic mass is 9.81. The number of morpholine rings is 1. The molecular formula is C20H25F2NO4. The summed E-state index contributed by atoms with van der Waals surface area (Å²) in [5, 5.41) is 0. The molecule has 2 bridgehead atoms. The third kappa shape index (κ3) is 4.64. The van der Waals surface area contributed by atoms with Crippen molar-refractivity contribution in [2.45, 2.75) is 57.7 Å². The minimum atomic E-state index is -0.603. The third-order valence-corrected chi connectivity index (χ3v) is 4.95. The summed E-state index contributed by atoms with van der Waals surface area (Å²) in [7, 11) is 0. The number of ketones is 1. The first kappa shape index (κ1) is 19.7. The molecule has 7 heteroatoms. The largest absolute Gasteiger partial charge is 0.444 e. The van der Waals surface area contributed by atoms with E-state index in [1.165, 1.54) is 0 Å². The summed E-state index contributed by atoms with van der Waals surface area (Å²) >= 11 is 0. The number of carbonyl (C=O) groups is 2. The summed E-state index contributed by atoms with van der Waals surface area (Å²) < 4.78 is 38.2. The van der Waals surface area contributed by atoms with Gasteiger partial charge in [-0.3, -0.25) is 9.69 Å². The third-order valence-electron chi connectivity index (χ3n) is 4.95. The number of nitrogens with zero attached hydrogens (tertiary/aromatic N) is 1. The number of hydrogen-bond donors (Lipinski definition) is 0. The number of rotatable bonds is 3. The number of piperidine rings is 1. The number of ether oxygens (including phenoxy) is 2. The Morgan fingerprint density at radius 1 is 1.19 bits per heavy atom. The maximum atomic E-state index is 13.8. The molecule has 2 unspecified atom stereocenters. The fraction of sp³-hybridized carbons (Fsp3) is 0.600. The van der Waals surface area contributed by atoms with Gasteiger partial charge in [-0.2, -0.15) is 0 Å². The highest BCUT2D eigenvalue weighted by atomic mass is 19.1. The lowest BCUT2D eigenvalue weighted by molar-refractivity contribution is -0.131. The van der Waals surface area contributed by atoms with Crippen LogP contribution >= 0.6 is 0 Å². The summed E-state index contributed by atoms with van der Waals surface area (Å²) in [6.07, 6.45) is 0.320. The van der Waals surface area contributed by atoms with Gasteiger partial charge in [0.2, 0.25) is 0 Å². The average Bonchev–Trinajstić information content (AvgIpc) is 2.55. The van der Waals surface area contributed by atoms with Crippen molar-refractivity contribution < 1.29 is 27.8 Å². The number of halogens is 2. The van der Waals surface area contributed by atoms with Gasteiger partial charge in [-0.05, 0) is 57.4 Å². The maximum absolute atomic E-state index is 13.8. The number of benzene rings is 1. The Hall–Kier alpha value is -2.02. The summed E-state index contributed by atoms with van der Waals surface area (Å²) in [5.74, 6) is -1.60. The van der Waals surface area contributed by atoms with Crippen molar-refractivity contribution in [2.75, 3.05) is 13.2 Å². The van der Waals surface area contributed by atoms with E-state index < -0.39 is 23.3 Å². The molecule has 0 spiro atoms. The molecule has 0 aliphatic carbocycles. The van der Waals surface area contributed by atoms with Gasteiger partial charge in [0, 0.05) is 12.3 Å². The maximum Gasteiger partial charge on any atom is 0.410 e. The van der Waals surface area contributed by atoms with Crippen LogP contribution in [0.5, 0.6) is 0 Å². The molecule has 1 aromatic rings. The van der Waals surface area contributed by atoms with Gasteiger partial charge in [0.15, 0.2) is 0 Å². The highest BCUT2D eigenvalue weighted by Crippen LogP contribution is 2.34. The van der Waals surface area contributed by atoms with Gasteiger partial charge in [0.1, 0.15) is 23.0 Å². The Labute approximate surface area is 157 Å². The van der Waals surface area contributed by atoms with Crippen LogP contribution in [0.4, 0.5) is 13.6 Å². The molecule has 3 rings (SSSR count). The first-order valence-corrected chi connectivity index (χ1v) is 9.20. The van der Waals surface area contributed by atoms with Crippen molar-refractivity contribution in [3.8, 4) is 0 Å². The predicted molar refractivity (Wildman–Crippen MR) is 94.3 cm³/mol. The minimum absolute atomic E-state index is 0.0657. The van der Waals surface area contributed by atoms with Crippen LogP contribution in [0.1, 0.15) is 39.2 Å². The summed E-state index contributed by atoms with van der Waals surface area (Å²) in [5.41, 5.74) is -0.538. The molecule has 1 aromatic carbocycles. The van der Waals surface area contributed by atoms with E-state index in [4.69, 9.17) is 9.47 Å². The van der Waals surface area contributed by atoms with Crippen molar-refractivity contribution in [1.82, 2.24) is 4.90 Å². The molecule has 0 N–H and O–H groups in total. The van der Waals surface area contributed by atoms with Gasteiger partial charge in [0.25, 0.3) is 0 Å². The lowest BCUT2D eigenvalue weighted by Gasteiger charge is -2.47. The predicted octanol–water partition coefficient (Wildman–Crippen LogP) is 3.49. The lowest BCUT2D eigenvalue weighted by Crippen LogP contribution is -2.60. The van der Waals surface area contributed by atoms with Crippen LogP contribution < -0.4 is 0 Å². The first-order chi connectivity index (χ1) is 12.6. The molecule has 0 saturated carbocycles. The number of hydrogen-bond acceptors (Lipinski definition) is 4. The van der Waals surface area contributed by atoms with E-state index in [1.807, 2.05) is 0 Å². The van der Waals surface area contributed by atoms with E-state index in [0.717, 1.165) is 18.2 Å². The molecule has 27 heavy (non-hydrogen) atoms. The first-order valence-electron chi connectivity index (χ1n) is 9.20. The van der Waals surface area contributed by atoms with E-state index in [-0.39, 0.29) is 35.8 Å². The van der Waals surface area contributed by atoms with Crippen LogP contribution in [0.2, 0.25) is 0 Å². The van der Waals surface area contributed by atoms with Gasteiger partial charge in [-0.1, -0.05) is 0 Å². The van der Waals surface area contributed by atoms with Gasteiger partial charge in [0.05, 0.1) is 25.3 Å². The second-order valence-electron chi connectivity index (χ2n) is 8.28. The quantitative estimate of drug-likeness (QED) is 0.804. The molecule has 0 aromatic heterocycles. The Kier molecular flexibility index (Phi) is 5.51. The van der Waals surface area contributed by atoms with Crippen LogP contribution in [0.25, 0.3) is 0 Å². The Bertz CT molecular complexity index is 717. The zero-order chi connectivity index (χ0) is 19.8. The summed E-state index contributed by atoms with van der Waals surface area (Å²) in [6.45, 7) is 6.10. The van der Waals surface area contributed by atoms with Gasteiger partial charge >= 0.3 is 6.09 Å². The fourth-order valence-electron chi connectivity index (χ4n) is 3.80. The Balaban J connectivity index is 1.69. The molecule has 2 aliphatic heterocycles. The molecule has 2 saturated heterocycles. The van der Waals surface area contributed by atoms with Crippen LogP contribution in [0.3, 0.4) is 0 Å². The van der Waals surface area contributed by atoms with E-state index in [9.17, 15) is 18.4 Å². The second kappa shape index (κ2) is 7.54. The molecule has 0 radical (unpaired) electrons. The average molecular weight is 381 g/mol. The van der Waals surface area contributed by atoms with Crippen molar-refractivity contribution in [2.24, 2.45) is 5.92 Å². The Morgan fingerprint density at radius 2 is 1.81 bits per heavy atom. The molecule has 5 nitrogen and oxygen atoms in total. The normalized spacial score (nSPS) is 25.2. The Morgan fingerprint density at radius 3 is 2.41 bits per heavy atom. The number of Topliss-reactive ketones (excluding diaryl/α,β-unsaturated/α-hetero) is 1. The van der Waals surface area contributed by atoms with E-state index in [2.05, 4.69) is 0 Å². The topological polar surface area (TPSA) is 55.8 Å². The molecule has 1 amide bonds. The van der Waals surface area contributed by atoms with Crippen LogP contribution in [-0.2, 0) is 20.7 Å². The van der Waals surface area contributed by atoms with Gasteiger partial charge in [-0.25, -0.2) is 13.6 Å². The highest BCUT2D eigenvalue weighted by molar-refractivity contribution is 5.84. The molecule has 2 atom stereocenters. The summed E-state index contributed by atoms with van der Waals surface area (Å²) in [6, 6.07) is 2.63. The molecule has 2 heterocycles. The minimum Gasteiger partial charge on any atom is -0.444 e. The van der Waals surface area contributed by atoms with Crippen molar-refractivity contribution in [3.05, 3.63) is 35.4 Å². The van der Waals surface area contributed by atoms with Crippen molar-refractivity contribution >= 4 is 11.9 Å². The van der Waals surface area contributed by atoms with Gasteiger partial charge < -0.3 is 9.47 Å². The van der Waals surface area contributed by atoms with Gasteiger partial charge in [-0.15, -0.1) is 0 Å². The number of fused-ring (bicyclic) bond motifs is 2. The van der Waals surface area contributed by atoms with Crippen molar-refractivity contribution in [1.29, 1.82) is 0 Å². The van der Waals surface area contributed by atoms with Crippen LogP contribution in [0.15, 0.2) is 18.2 Å². The molecule has 2 fully saturated rings. The monoisotopic (exact) mass is 381 g/mol. The standard InChI is InChI=1S/C20H25F2NO4/c1-20(2,3)27-19(25)23-15-7-13(8-16(23)11-26-10-15)18(24)9-12-6-14(21)4-5-17(12)22/h4-6,13,15-16H,7-11H2,1-3H3. The van der Waals surface area contributed by atoms with E-state index >= 15 is 0 Å². The smallest absolute Gasteiger partial charge is 0.410 e. The van der Waals surface area contributed by atoms with E-state index in [0.29, 0.717) is 26.1 Å². The van der Waals surface area contributed by atoms with Crippen LogP contribution in [-0.4, -0.2) is 47.7 Å². The number of carbonyl (C=O) groups excluding carboxylic acids is 2. The van der Waals surface area contributed by atoms with E-state index in [1.54, 1.807) is 25.7 Å². The molecular weight excluding hydrogens is 356 g/mol. The fourth-order valence-corrected chi connectivity index (χ4v) is 3.80. The summed E-state index contributed by atoms with van der Waals surface area (Å²) in [4.78, 5) is 26.9. The second-order valence-corrected chi connectivity index (χ2v) is 8.28.